The van der Waals surface area contributed by atoms with Crippen LogP contribution in [0, 0.1) is 3.57 Å². The molecule has 0 atom stereocenters. The molecule has 0 amide bonds. The lowest BCUT2D eigenvalue weighted by Gasteiger charge is -2.13. The van der Waals surface area contributed by atoms with Gasteiger partial charge in [-0.25, -0.2) is 9.79 Å². The minimum Gasteiger partial charge on any atom is -0.493 e. The van der Waals surface area contributed by atoms with Gasteiger partial charge in [0, 0.05) is 4.47 Å². The van der Waals surface area contributed by atoms with Crippen LogP contribution in [0.25, 0.3) is 6.08 Å². The van der Waals surface area contributed by atoms with Crippen molar-refractivity contribution in [2.24, 2.45) is 4.99 Å². The third-order valence-corrected chi connectivity index (χ3v) is 6.00. The van der Waals surface area contributed by atoms with Gasteiger partial charge in [-0.15, -0.1) is 0 Å². The number of benzene rings is 3. The maximum Gasteiger partial charge on any atom is 0.363 e. The van der Waals surface area contributed by atoms with Crippen molar-refractivity contribution in [1.29, 1.82) is 0 Å². The van der Waals surface area contributed by atoms with Crippen molar-refractivity contribution < 1.29 is 19.0 Å². The summed E-state index contributed by atoms with van der Waals surface area (Å²) < 4.78 is 18.6. The Morgan fingerprint density at radius 2 is 1.84 bits per heavy atom. The molecule has 1 aliphatic rings. The van der Waals surface area contributed by atoms with Crippen LogP contribution in [0.4, 0.5) is 0 Å². The van der Waals surface area contributed by atoms with E-state index in [0.29, 0.717) is 18.1 Å². The average Bonchev–Trinajstić information content (AvgIpc) is 3.13. The first kappa shape index (κ1) is 21.6. The molecule has 31 heavy (non-hydrogen) atoms. The number of carbonyl (C=O) groups is 1. The topological polar surface area (TPSA) is 57.1 Å². The highest BCUT2D eigenvalue weighted by Gasteiger charge is 2.25. The van der Waals surface area contributed by atoms with Gasteiger partial charge in [0.2, 0.25) is 5.90 Å². The van der Waals surface area contributed by atoms with Gasteiger partial charge in [-0.05, 0) is 80.0 Å². The molecule has 1 aliphatic heterocycles. The summed E-state index contributed by atoms with van der Waals surface area (Å²) in [7, 11) is 1.59. The zero-order valence-electron chi connectivity index (χ0n) is 16.5. The molecule has 5 nitrogen and oxygen atoms in total. The summed E-state index contributed by atoms with van der Waals surface area (Å²) in [5.41, 5.74) is 2.77. The second kappa shape index (κ2) is 9.65. The van der Waals surface area contributed by atoms with Gasteiger partial charge in [0.25, 0.3) is 0 Å². The maximum atomic E-state index is 12.4. The number of hydrogen-bond donors (Lipinski definition) is 0. The molecule has 0 saturated heterocycles. The molecular weight excluding hydrogens is 573 g/mol. The smallest absolute Gasteiger partial charge is 0.363 e. The summed E-state index contributed by atoms with van der Waals surface area (Å²) in [5.74, 6) is 1.01. The molecule has 0 spiro atoms. The van der Waals surface area contributed by atoms with Crippen LogP contribution in [0.5, 0.6) is 11.5 Å². The molecule has 0 aliphatic carbocycles. The Labute approximate surface area is 202 Å². The lowest BCUT2D eigenvalue weighted by Crippen LogP contribution is -2.05. The van der Waals surface area contributed by atoms with Crippen molar-refractivity contribution >= 4 is 56.5 Å². The van der Waals surface area contributed by atoms with E-state index in [9.17, 15) is 4.79 Å². The van der Waals surface area contributed by atoms with Gasteiger partial charge in [-0.3, -0.25) is 0 Å². The van der Waals surface area contributed by atoms with Gasteiger partial charge in [0.15, 0.2) is 17.2 Å². The van der Waals surface area contributed by atoms with Crippen molar-refractivity contribution in [3.63, 3.8) is 0 Å². The Morgan fingerprint density at radius 3 is 2.58 bits per heavy atom. The molecule has 0 unspecified atom stereocenters. The fraction of sp³-hybridized carbons (Fsp3) is 0.0833. The van der Waals surface area contributed by atoms with Crippen molar-refractivity contribution in [2.75, 3.05) is 7.11 Å². The number of esters is 1. The van der Waals surface area contributed by atoms with E-state index in [2.05, 4.69) is 43.5 Å². The first-order valence-corrected chi connectivity index (χ1v) is 11.2. The molecular formula is C24H17BrINO4. The molecule has 3 aromatic rings. The largest absolute Gasteiger partial charge is 0.493 e. The van der Waals surface area contributed by atoms with E-state index in [0.717, 1.165) is 24.7 Å². The maximum absolute atomic E-state index is 12.4. The first-order valence-electron chi connectivity index (χ1n) is 9.37. The quantitative estimate of drug-likeness (QED) is 0.201. The second-order valence-corrected chi connectivity index (χ2v) is 8.64. The number of rotatable bonds is 6. The summed E-state index contributed by atoms with van der Waals surface area (Å²) >= 11 is 5.65. The van der Waals surface area contributed by atoms with Crippen molar-refractivity contribution in [3.05, 3.63) is 97.2 Å². The van der Waals surface area contributed by atoms with Gasteiger partial charge >= 0.3 is 5.97 Å². The summed E-state index contributed by atoms with van der Waals surface area (Å²) in [4.78, 5) is 16.7. The predicted molar refractivity (Wildman–Crippen MR) is 131 cm³/mol. The number of cyclic esters (lactones) is 1. The van der Waals surface area contributed by atoms with Gasteiger partial charge in [-0.2, -0.15) is 0 Å². The van der Waals surface area contributed by atoms with E-state index in [1.165, 1.54) is 0 Å². The van der Waals surface area contributed by atoms with Crippen LogP contribution in [0.1, 0.15) is 16.7 Å². The van der Waals surface area contributed by atoms with Crippen LogP contribution in [0.2, 0.25) is 0 Å². The monoisotopic (exact) mass is 589 g/mol. The molecule has 7 heteroatoms. The molecule has 0 radical (unpaired) electrons. The Bertz CT molecular complexity index is 1190. The average molecular weight is 590 g/mol. The van der Waals surface area contributed by atoms with Crippen LogP contribution in [-0.4, -0.2) is 19.0 Å². The molecule has 1 heterocycles. The second-order valence-electron chi connectivity index (χ2n) is 6.62. The lowest BCUT2D eigenvalue weighted by atomic mass is 10.1. The van der Waals surface area contributed by atoms with Crippen LogP contribution in [0.15, 0.2) is 81.9 Å². The minimum atomic E-state index is -0.496. The number of halogens is 2. The molecule has 4 rings (SSSR count). The van der Waals surface area contributed by atoms with Crippen LogP contribution >= 0.6 is 38.5 Å². The zero-order chi connectivity index (χ0) is 21.8. The highest BCUT2D eigenvalue weighted by molar-refractivity contribution is 14.1. The van der Waals surface area contributed by atoms with Crippen LogP contribution in [0.3, 0.4) is 0 Å². The number of aliphatic imine (C=N–C) groups is 1. The fourth-order valence-corrected chi connectivity index (χ4v) is 4.25. The van der Waals surface area contributed by atoms with Crippen LogP contribution < -0.4 is 9.47 Å². The van der Waals surface area contributed by atoms with E-state index < -0.39 is 5.97 Å². The molecule has 0 N–H and O–H groups in total. The fourth-order valence-electron chi connectivity index (χ4n) is 3.01. The van der Waals surface area contributed by atoms with E-state index >= 15 is 0 Å². The highest BCUT2D eigenvalue weighted by atomic mass is 127. The first-order chi connectivity index (χ1) is 15.0. The van der Waals surface area contributed by atoms with E-state index in [1.54, 1.807) is 13.2 Å². The molecule has 0 aromatic heterocycles. The molecule has 0 bridgehead atoms. The van der Waals surface area contributed by atoms with Crippen molar-refractivity contribution in [1.82, 2.24) is 0 Å². The van der Waals surface area contributed by atoms with Crippen LogP contribution in [-0.2, 0) is 16.1 Å². The number of nitrogens with zero attached hydrogens (tertiary/aromatic N) is 1. The van der Waals surface area contributed by atoms with E-state index in [1.807, 2.05) is 66.7 Å². The van der Waals surface area contributed by atoms with Gasteiger partial charge < -0.3 is 14.2 Å². The summed E-state index contributed by atoms with van der Waals surface area (Å²) in [6, 6.07) is 21.1. The number of carbonyl (C=O) groups excluding carboxylic acids is 1. The lowest BCUT2D eigenvalue weighted by molar-refractivity contribution is -0.129. The summed E-state index contributed by atoms with van der Waals surface area (Å²) in [5, 5.41) is 0. The molecule has 0 fully saturated rings. The zero-order valence-corrected chi connectivity index (χ0v) is 20.2. The Morgan fingerprint density at radius 1 is 1.10 bits per heavy atom. The Balaban J connectivity index is 1.61. The molecule has 156 valence electrons. The van der Waals surface area contributed by atoms with Gasteiger partial charge in [0.05, 0.1) is 16.2 Å². The SMILES string of the molecule is COc1cc(/C=C2\N=C(c3ccccc3Br)OC2=O)cc(I)c1OCc1ccccc1. The highest BCUT2D eigenvalue weighted by Crippen LogP contribution is 2.35. The van der Waals surface area contributed by atoms with E-state index in [4.69, 9.17) is 14.2 Å². The summed E-state index contributed by atoms with van der Waals surface area (Å²) in [6.45, 7) is 0.430. The molecule has 3 aromatic carbocycles. The minimum absolute atomic E-state index is 0.224. The Kier molecular flexibility index (Phi) is 6.72. The standard InChI is InChI=1S/C24H17BrINO4/c1-29-21-13-16(11-19(26)22(21)30-14-15-7-3-2-4-8-15)12-20-24(28)31-23(27-20)17-9-5-6-10-18(17)25/h2-13H,14H2,1H3/b20-12-. The number of hydrogen-bond acceptors (Lipinski definition) is 5. The third kappa shape index (κ3) is 4.99. The predicted octanol–water partition coefficient (Wildman–Crippen LogP) is 5.99. The third-order valence-electron chi connectivity index (χ3n) is 4.51. The Hall–Kier alpha value is -2.65. The van der Waals surface area contributed by atoms with Gasteiger partial charge in [0.1, 0.15) is 6.61 Å². The number of ether oxygens (including phenoxy) is 3. The summed E-state index contributed by atoms with van der Waals surface area (Å²) in [6.07, 6.45) is 1.68. The van der Waals surface area contributed by atoms with Crippen molar-refractivity contribution in [3.8, 4) is 11.5 Å². The van der Waals surface area contributed by atoms with Gasteiger partial charge in [-0.1, -0.05) is 42.5 Å². The molecule has 0 saturated carbocycles. The number of methoxy groups -OCH3 is 1. The van der Waals surface area contributed by atoms with Crippen molar-refractivity contribution in [2.45, 2.75) is 6.61 Å². The normalized spacial score (nSPS) is 14.4. The van der Waals surface area contributed by atoms with E-state index in [-0.39, 0.29) is 11.6 Å².